The molecule has 1 aromatic carbocycles. The predicted molar refractivity (Wildman–Crippen MR) is 62.1 cm³/mol. The van der Waals surface area contributed by atoms with Crippen LogP contribution >= 0.6 is 0 Å². The molecule has 0 bridgehead atoms. The van der Waals surface area contributed by atoms with Crippen molar-refractivity contribution in [3.8, 4) is 5.75 Å². The first kappa shape index (κ1) is 15.2. The fraction of sp³-hybridized carbons (Fsp3) is 0.455. The van der Waals surface area contributed by atoms with E-state index in [4.69, 9.17) is 4.74 Å². The number of nitro benzene ring substituents is 1. The van der Waals surface area contributed by atoms with Gasteiger partial charge >= 0.3 is 6.18 Å². The van der Waals surface area contributed by atoms with Gasteiger partial charge in [-0.05, 0) is 20.0 Å². The Labute approximate surface area is 107 Å². The molecule has 0 aliphatic rings. The number of non-ortho nitro benzene ring substituents is 1. The van der Waals surface area contributed by atoms with Gasteiger partial charge in [-0.25, -0.2) is 0 Å². The molecule has 1 aromatic rings. The van der Waals surface area contributed by atoms with E-state index in [2.05, 4.69) is 5.32 Å². The minimum absolute atomic E-state index is 0.355. The van der Waals surface area contributed by atoms with Gasteiger partial charge in [0, 0.05) is 18.7 Å². The zero-order valence-electron chi connectivity index (χ0n) is 10.3. The molecule has 0 aliphatic carbocycles. The fourth-order valence-corrected chi connectivity index (χ4v) is 1.50. The van der Waals surface area contributed by atoms with Crippen LogP contribution in [-0.2, 0) is 6.18 Å². The first-order valence-corrected chi connectivity index (χ1v) is 5.42. The molecule has 1 unspecified atom stereocenters. The van der Waals surface area contributed by atoms with Crippen molar-refractivity contribution < 1.29 is 22.8 Å². The molecule has 1 atom stereocenters. The number of hydrogen-bond donors (Lipinski definition) is 1. The van der Waals surface area contributed by atoms with Crippen molar-refractivity contribution in [2.75, 3.05) is 13.6 Å². The van der Waals surface area contributed by atoms with Crippen LogP contribution in [0.25, 0.3) is 0 Å². The van der Waals surface area contributed by atoms with Gasteiger partial charge in [0.2, 0.25) is 0 Å². The molecule has 106 valence electrons. The molecule has 0 radical (unpaired) electrons. The molecule has 0 spiro atoms. The van der Waals surface area contributed by atoms with E-state index in [0.29, 0.717) is 12.6 Å². The molecule has 1 N–H and O–H groups in total. The van der Waals surface area contributed by atoms with Gasteiger partial charge < -0.3 is 10.1 Å². The normalized spacial score (nSPS) is 13.1. The maximum atomic E-state index is 12.8. The third-order valence-electron chi connectivity index (χ3n) is 2.30. The summed E-state index contributed by atoms with van der Waals surface area (Å²) in [4.78, 5) is 9.62. The van der Waals surface area contributed by atoms with Crippen molar-refractivity contribution in [3.05, 3.63) is 33.9 Å². The van der Waals surface area contributed by atoms with Crippen molar-refractivity contribution in [2.45, 2.75) is 19.2 Å². The summed E-state index contributed by atoms with van der Waals surface area (Å²) in [6.45, 7) is 1.95. The molecule has 0 aliphatic heterocycles. The van der Waals surface area contributed by atoms with Gasteiger partial charge in [-0.15, -0.1) is 0 Å². The van der Waals surface area contributed by atoms with Crippen molar-refractivity contribution in [1.29, 1.82) is 0 Å². The molecule has 0 fully saturated rings. The fourth-order valence-electron chi connectivity index (χ4n) is 1.50. The zero-order chi connectivity index (χ0) is 14.6. The van der Waals surface area contributed by atoms with Gasteiger partial charge in [0.05, 0.1) is 4.92 Å². The second-order valence-electron chi connectivity index (χ2n) is 3.92. The molecule has 0 aromatic heterocycles. The van der Waals surface area contributed by atoms with E-state index in [1.165, 1.54) is 0 Å². The van der Waals surface area contributed by atoms with E-state index >= 15 is 0 Å². The summed E-state index contributed by atoms with van der Waals surface area (Å²) < 4.78 is 43.6. The van der Waals surface area contributed by atoms with E-state index in [9.17, 15) is 23.3 Å². The Morgan fingerprint density at radius 2 is 2.11 bits per heavy atom. The third-order valence-corrected chi connectivity index (χ3v) is 2.30. The molecule has 0 saturated heterocycles. The Morgan fingerprint density at radius 1 is 1.47 bits per heavy atom. The highest BCUT2D eigenvalue weighted by Gasteiger charge is 2.36. The van der Waals surface area contributed by atoms with E-state index < -0.39 is 34.2 Å². The maximum absolute atomic E-state index is 12.8. The number of nitro groups is 1. The number of likely N-dealkylation sites (N-methyl/N-ethyl adjacent to an activating group) is 1. The molecule has 0 heterocycles. The number of rotatable bonds is 5. The highest BCUT2D eigenvalue weighted by molar-refractivity contribution is 5.45. The van der Waals surface area contributed by atoms with Crippen molar-refractivity contribution in [1.82, 2.24) is 5.32 Å². The number of halogens is 3. The summed E-state index contributed by atoms with van der Waals surface area (Å²) in [6, 6.07) is 2.42. The van der Waals surface area contributed by atoms with E-state index in [1.54, 1.807) is 14.0 Å². The number of ether oxygens (including phenoxy) is 1. The summed E-state index contributed by atoms with van der Waals surface area (Å²) in [5.41, 5.74) is -1.77. The summed E-state index contributed by atoms with van der Waals surface area (Å²) in [5, 5.41) is 13.3. The van der Waals surface area contributed by atoms with Gasteiger partial charge in [0.15, 0.2) is 0 Å². The van der Waals surface area contributed by atoms with Gasteiger partial charge in [-0.1, -0.05) is 0 Å². The Bertz CT molecular complexity index is 463. The third kappa shape index (κ3) is 4.09. The molecule has 0 saturated carbocycles. The molecule has 1 rings (SSSR count). The van der Waals surface area contributed by atoms with Gasteiger partial charge in [0.1, 0.15) is 17.4 Å². The summed E-state index contributed by atoms with van der Waals surface area (Å²) in [7, 11) is 1.64. The first-order chi connectivity index (χ1) is 8.75. The molecular weight excluding hydrogens is 265 g/mol. The Morgan fingerprint density at radius 3 is 2.58 bits per heavy atom. The molecular formula is C11H13F3N2O3. The van der Waals surface area contributed by atoms with Crippen LogP contribution in [0.4, 0.5) is 18.9 Å². The lowest BCUT2D eigenvalue weighted by molar-refractivity contribution is -0.385. The van der Waals surface area contributed by atoms with Crippen LogP contribution in [0.5, 0.6) is 5.75 Å². The second kappa shape index (κ2) is 5.87. The highest BCUT2D eigenvalue weighted by Crippen LogP contribution is 2.38. The Hall–Kier alpha value is -1.83. The lowest BCUT2D eigenvalue weighted by atomic mass is 10.1. The standard InChI is InChI=1S/C11H13F3N2O3/c1-7(6-15-2)19-10-4-3-8(16(17)18)5-9(10)11(12,13)14/h3-5,7,15H,6H2,1-2H3. The number of hydrogen-bond acceptors (Lipinski definition) is 4. The SMILES string of the molecule is CNCC(C)Oc1ccc([N+](=O)[O-])cc1C(F)(F)F. The Kier molecular flexibility index (Phi) is 4.71. The summed E-state index contributed by atoms with van der Waals surface area (Å²) >= 11 is 0. The van der Waals surface area contributed by atoms with Crippen LogP contribution in [-0.4, -0.2) is 24.6 Å². The predicted octanol–water partition coefficient (Wildman–Crippen LogP) is 2.60. The maximum Gasteiger partial charge on any atom is 0.420 e. The van der Waals surface area contributed by atoms with Crippen LogP contribution in [0.3, 0.4) is 0 Å². The number of alkyl halides is 3. The Balaban J connectivity index is 3.13. The van der Waals surface area contributed by atoms with Gasteiger partial charge in [-0.2, -0.15) is 13.2 Å². The molecule has 5 nitrogen and oxygen atoms in total. The molecule has 19 heavy (non-hydrogen) atoms. The smallest absolute Gasteiger partial charge is 0.420 e. The van der Waals surface area contributed by atoms with E-state index in [0.717, 1.165) is 12.1 Å². The van der Waals surface area contributed by atoms with Crippen LogP contribution in [0.15, 0.2) is 18.2 Å². The first-order valence-electron chi connectivity index (χ1n) is 5.42. The van der Waals surface area contributed by atoms with Crippen molar-refractivity contribution in [3.63, 3.8) is 0 Å². The number of nitrogens with one attached hydrogen (secondary N) is 1. The topological polar surface area (TPSA) is 64.4 Å². The summed E-state index contributed by atoms with van der Waals surface area (Å²) in [5.74, 6) is -0.416. The van der Waals surface area contributed by atoms with Gasteiger partial charge in [0.25, 0.3) is 5.69 Å². The van der Waals surface area contributed by atoms with Gasteiger partial charge in [-0.3, -0.25) is 10.1 Å². The van der Waals surface area contributed by atoms with Crippen LogP contribution < -0.4 is 10.1 Å². The van der Waals surface area contributed by atoms with Crippen molar-refractivity contribution >= 4 is 5.69 Å². The molecule has 0 amide bonds. The highest BCUT2D eigenvalue weighted by atomic mass is 19.4. The minimum atomic E-state index is -4.71. The van der Waals surface area contributed by atoms with Crippen LogP contribution in [0, 0.1) is 10.1 Å². The van der Waals surface area contributed by atoms with Crippen LogP contribution in [0.1, 0.15) is 12.5 Å². The second-order valence-corrected chi connectivity index (χ2v) is 3.92. The minimum Gasteiger partial charge on any atom is -0.489 e. The monoisotopic (exact) mass is 278 g/mol. The largest absolute Gasteiger partial charge is 0.489 e. The number of nitrogens with zero attached hydrogens (tertiary/aromatic N) is 1. The lowest BCUT2D eigenvalue weighted by Crippen LogP contribution is -2.27. The average molecular weight is 278 g/mol. The van der Waals surface area contributed by atoms with Crippen LogP contribution in [0.2, 0.25) is 0 Å². The summed E-state index contributed by atoms with van der Waals surface area (Å²) in [6.07, 6.45) is -5.20. The average Bonchev–Trinajstić information content (AvgIpc) is 2.27. The van der Waals surface area contributed by atoms with E-state index in [1.807, 2.05) is 0 Å². The lowest BCUT2D eigenvalue weighted by Gasteiger charge is -2.18. The zero-order valence-corrected chi connectivity index (χ0v) is 10.3. The van der Waals surface area contributed by atoms with E-state index in [-0.39, 0.29) is 0 Å². The van der Waals surface area contributed by atoms with Crippen molar-refractivity contribution in [2.24, 2.45) is 0 Å². The number of benzene rings is 1. The molecule has 8 heteroatoms. The quantitative estimate of drug-likeness (QED) is 0.664.